The van der Waals surface area contributed by atoms with Gasteiger partial charge in [0.25, 0.3) is 0 Å². The van der Waals surface area contributed by atoms with Gasteiger partial charge in [-0.3, -0.25) is 0 Å². The lowest BCUT2D eigenvalue weighted by Gasteiger charge is -2.03. The molecular weight excluding hydrogens is 232 g/mol. The molecule has 0 fully saturated rings. The van der Waals surface area contributed by atoms with E-state index in [1.807, 2.05) is 48.5 Å². The number of benzene rings is 3. The number of nitrogens with zero attached hydrogens (tertiary/aromatic N) is 1. The van der Waals surface area contributed by atoms with Gasteiger partial charge >= 0.3 is 0 Å². The lowest BCUT2D eigenvalue weighted by molar-refractivity contribution is 1.46. The Hall–Kier alpha value is -2.61. The summed E-state index contributed by atoms with van der Waals surface area (Å²) in [5.41, 5.74) is 7.88. The summed E-state index contributed by atoms with van der Waals surface area (Å²) >= 11 is 0. The maximum atomic E-state index is 6.07. The van der Waals surface area contributed by atoms with E-state index in [4.69, 9.17) is 5.73 Å². The molecule has 0 saturated heterocycles. The van der Waals surface area contributed by atoms with Gasteiger partial charge < -0.3 is 5.73 Å². The number of hydrogen-bond donors (Lipinski definition) is 1. The summed E-state index contributed by atoms with van der Waals surface area (Å²) in [6.45, 7) is 0. The number of rotatable bonds is 2. The van der Waals surface area contributed by atoms with Crippen molar-refractivity contribution >= 4 is 22.3 Å². The highest BCUT2D eigenvalue weighted by molar-refractivity contribution is 6.02. The second-order valence-electron chi connectivity index (χ2n) is 4.39. The molecule has 2 heteroatoms. The summed E-state index contributed by atoms with van der Waals surface area (Å²) in [4.78, 5) is 4.43. The fourth-order valence-corrected chi connectivity index (χ4v) is 2.05. The van der Waals surface area contributed by atoms with Crippen LogP contribution in [-0.2, 0) is 0 Å². The minimum atomic E-state index is 0.539. The predicted molar refractivity (Wildman–Crippen MR) is 80.8 cm³/mol. The molecule has 19 heavy (non-hydrogen) atoms. The number of amidine groups is 1. The van der Waals surface area contributed by atoms with Crippen molar-refractivity contribution in [3.8, 4) is 0 Å². The molecular formula is C17H14N2. The lowest BCUT2D eigenvalue weighted by atomic mass is 10.1. The van der Waals surface area contributed by atoms with E-state index in [0.717, 1.165) is 11.3 Å². The first-order chi connectivity index (χ1) is 9.33. The molecule has 0 spiro atoms. The van der Waals surface area contributed by atoms with Gasteiger partial charge in [-0.1, -0.05) is 54.6 Å². The van der Waals surface area contributed by atoms with Crippen molar-refractivity contribution in [1.29, 1.82) is 0 Å². The second-order valence-corrected chi connectivity index (χ2v) is 4.39. The van der Waals surface area contributed by atoms with Crippen LogP contribution in [0, 0.1) is 0 Å². The monoisotopic (exact) mass is 246 g/mol. The summed E-state index contributed by atoms with van der Waals surface area (Å²) in [6, 6.07) is 24.1. The first-order valence-corrected chi connectivity index (χ1v) is 6.21. The third-order valence-corrected chi connectivity index (χ3v) is 3.05. The van der Waals surface area contributed by atoms with Crippen LogP contribution in [0.25, 0.3) is 10.8 Å². The van der Waals surface area contributed by atoms with E-state index >= 15 is 0 Å². The van der Waals surface area contributed by atoms with Gasteiger partial charge in [0.1, 0.15) is 5.84 Å². The van der Waals surface area contributed by atoms with Crippen LogP contribution in [-0.4, -0.2) is 5.84 Å². The molecule has 2 N–H and O–H groups in total. The number of aliphatic imine (C=N–C) groups is 1. The fourth-order valence-electron chi connectivity index (χ4n) is 2.05. The number of hydrogen-bond acceptors (Lipinski definition) is 1. The molecule has 0 heterocycles. The Labute approximate surface area is 112 Å². The zero-order valence-corrected chi connectivity index (χ0v) is 10.5. The number of nitrogens with two attached hydrogens (primary N) is 1. The SMILES string of the molecule is NC(=Nc1ccccc1)c1ccc2ccccc2c1. The van der Waals surface area contributed by atoms with E-state index in [2.05, 4.69) is 29.3 Å². The maximum absolute atomic E-state index is 6.07. The topological polar surface area (TPSA) is 38.4 Å². The van der Waals surface area contributed by atoms with Crippen molar-refractivity contribution in [1.82, 2.24) is 0 Å². The Morgan fingerprint density at radius 3 is 2.21 bits per heavy atom. The summed E-state index contributed by atoms with van der Waals surface area (Å²) in [5, 5.41) is 2.38. The van der Waals surface area contributed by atoms with Crippen LogP contribution in [0.2, 0.25) is 0 Å². The molecule has 2 nitrogen and oxygen atoms in total. The number of fused-ring (bicyclic) bond motifs is 1. The van der Waals surface area contributed by atoms with Gasteiger partial charge in [0.05, 0.1) is 5.69 Å². The average Bonchev–Trinajstić information content (AvgIpc) is 2.48. The zero-order valence-electron chi connectivity index (χ0n) is 10.5. The third kappa shape index (κ3) is 2.47. The summed E-state index contributed by atoms with van der Waals surface area (Å²) in [5.74, 6) is 0.539. The van der Waals surface area contributed by atoms with E-state index < -0.39 is 0 Å². The van der Waals surface area contributed by atoms with Gasteiger partial charge in [-0.2, -0.15) is 0 Å². The summed E-state index contributed by atoms with van der Waals surface area (Å²) in [6.07, 6.45) is 0. The van der Waals surface area contributed by atoms with E-state index in [0.29, 0.717) is 5.84 Å². The Kier molecular flexibility index (Phi) is 2.99. The average molecular weight is 246 g/mol. The van der Waals surface area contributed by atoms with Crippen LogP contribution >= 0.6 is 0 Å². The molecule has 3 aromatic rings. The van der Waals surface area contributed by atoms with E-state index in [-0.39, 0.29) is 0 Å². The third-order valence-electron chi connectivity index (χ3n) is 3.05. The fraction of sp³-hybridized carbons (Fsp3) is 0. The second kappa shape index (κ2) is 4.94. The van der Waals surface area contributed by atoms with E-state index in [1.54, 1.807) is 0 Å². The summed E-state index contributed by atoms with van der Waals surface area (Å²) < 4.78 is 0. The van der Waals surface area contributed by atoms with Crippen molar-refractivity contribution in [2.24, 2.45) is 10.7 Å². The van der Waals surface area contributed by atoms with Gasteiger partial charge in [0, 0.05) is 5.56 Å². The Balaban J connectivity index is 2.02. The first kappa shape index (κ1) is 11.5. The molecule has 0 bridgehead atoms. The predicted octanol–water partition coefficient (Wildman–Crippen LogP) is 3.88. The van der Waals surface area contributed by atoms with Crippen LogP contribution in [0.5, 0.6) is 0 Å². The highest BCUT2D eigenvalue weighted by Crippen LogP contribution is 2.17. The molecule has 0 atom stereocenters. The minimum absolute atomic E-state index is 0.539. The minimum Gasteiger partial charge on any atom is -0.383 e. The van der Waals surface area contributed by atoms with Gasteiger partial charge in [0.2, 0.25) is 0 Å². The highest BCUT2D eigenvalue weighted by atomic mass is 14.9. The molecule has 0 amide bonds. The maximum Gasteiger partial charge on any atom is 0.131 e. The van der Waals surface area contributed by atoms with Crippen molar-refractivity contribution < 1.29 is 0 Å². The lowest BCUT2D eigenvalue weighted by Crippen LogP contribution is -2.12. The van der Waals surface area contributed by atoms with E-state index in [9.17, 15) is 0 Å². The summed E-state index contributed by atoms with van der Waals surface area (Å²) in [7, 11) is 0. The van der Waals surface area contributed by atoms with Crippen LogP contribution < -0.4 is 5.73 Å². The standard InChI is InChI=1S/C17H14N2/c18-17(19-16-8-2-1-3-9-16)15-11-10-13-6-4-5-7-14(13)12-15/h1-12H,(H2,18,19). The van der Waals surface area contributed by atoms with E-state index in [1.165, 1.54) is 10.8 Å². The number of para-hydroxylation sites is 1. The molecule has 0 radical (unpaired) electrons. The van der Waals surface area contributed by atoms with Crippen LogP contribution in [0.15, 0.2) is 77.8 Å². The molecule has 92 valence electrons. The van der Waals surface area contributed by atoms with Crippen molar-refractivity contribution in [3.05, 3.63) is 78.4 Å². The molecule has 0 unspecified atom stereocenters. The van der Waals surface area contributed by atoms with Gasteiger partial charge in [0.15, 0.2) is 0 Å². The van der Waals surface area contributed by atoms with Gasteiger partial charge in [-0.15, -0.1) is 0 Å². The Morgan fingerprint density at radius 1 is 0.737 bits per heavy atom. The van der Waals surface area contributed by atoms with Crippen molar-refractivity contribution in [2.75, 3.05) is 0 Å². The zero-order chi connectivity index (χ0) is 13.1. The molecule has 0 aromatic heterocycles. The normalized spacial score (nSPS) is 11.7. The van der Waals surface area contributed by atoms with Crippen LogP contribution in [0.1, 0.15) is 5.56 Å². The van der Waals surface area contributed by atoms with Crippen molar-refractivity contribution in [2.45, 2.75) is 0 Å². The smallest absolute Gasteiger partial charge is 0.131 e. The molecule has 3 aromatic carbocycles. The largest absolute Gasteiger partial charge is 0.383 e. The van der Waals surface area contributed by atoms with Gasteiger partial charge in [-0.25, -0.2) is 4.99 Å². The molecule has 3 rings (SSSR count). The quantitative estimate of drug-likeness (QED) is 0.541. The molecule has 0 aliphatic carbocycles. The highest BCUT2D eigenvalue weighted by Gasteiger charge is 2.00. The Bertz CT molecular complexity index is 730. The Morgan fingerprint density at radius 2 is 1.42 bits per heavy atom. The molecule has 0 saturated carbocycles. The molecule has 0 aliphatic heterocycles. The van der Waals surface area contributed by atoms with Gasteiger partial charge in [-0.05, 0) is 29.0 Å². The van der Waals surface area contributed by atoms with Crippen molar-refractivity contribution in [3.63, 3.8) is 0 Å². The first-order valence-electron chi connectivity index (χ1n) is 6.21. The molecule has 0 aliphatic rings. The van der Waals surface area contributed by atoms with Crippen LogP contribution in [0.4, 0.5) is 5.69 Å². The van der Waals surface area contributed by atoms with Crippen LogP contribution in [0.3, 0.4) is 0 Å².